The molecule has 0 aliphatic carbocycles. The SMILES string of the molecule is CCCOc1ccccc1C(Cc1ccc(C)cc1)NC. The van der Waals surface area contributed by atoms with Gasteiger partial charge in [0, 0.05) is 11.6 Å². The van der Waals surface area contributed by atoms with E-state index in [0.717, 1.165) is 25.2 Å². The maximum atomic E-state index is 5.89. The molecular formula is C19H25NO. The summed E-state index contributed by atoms with van der Waals surface area (Å²) in [5.74, 6) is 0.991. The number of likely N-dealkylation sites (N-methyl/N-ethyl adjacent to an activating group) is 1. The van der Waals surface area contributed by atoms with Crippen molar-refractivity contribution in [2.45, 2.75) is 32.7 Å². The fraction of sp³-hybridized carbons (Fsp3) is 0.368. The molecular weight excluding hydrogens is 258 g/mol. The van der Waals surface area contributed by atoms with Crippen molar-refractivity contribution in [1.82, 2.24) is 5.32 Å². The predicted molar refractivity (Wildman–Crippen MR) is 88.9 cm³/mol. The van der Waals surface area contributed by atoms with Crippen LogP contribution in [0.1, 0.15) is 36.1 Å². The summed E-state index contributed by atoms with van der Waals surface area (Å²) in [6, 6.07) is 17.3. The number of rotatable bonds is 7. The molecule has 1 N–H and O–H groups in total. The van der Waals surface area contributed by atoms with Gasteiger partial charge >= 0.3 is 0 Å². The molecule has 0 heterocycles. The Morgan fingerprint density at radius 3 is 2.43 bits per heavy atom. The van der Waals surface area contributed by atoms with Crippen molar-refractivity contribution in [2.24, 2.45) is 0 Å². The average Bonchev–Trinajstić information content (AvgIpc) is 2.53. The molecule has 0 fully saturated rings. The number of aryl methyl sites for hydroxylation is 1. The second-order valence-corrected chi connectivity index (χ2v) is 5.42. The van der Waals surface area contributed by atoms with Gasteiger partial charge in [-0.25, -0.2) is 0 Å². The number of hydrogen-bond donors (Lipinski definition) is 1. The fourth-order valence-corrected chi connectivity index (χ4v) is 2.44. The quantitative estimate of drug-likeness (QED) is 0.818. The first-order valence-corrected chi connectivity index (χ1v) is 7.69. The summed E-state index contributed by atoms with van der Waals surface area (Å²) < 4.78 is 5.89. The van der Waals surface area contributed by atoms with Crippen molar-refractivity contribution in [2.75, 3.05) is 13.7 Å². The lowest BCUT2D eigenvalue weighted by atomic mass is 9.97. The van der Waals surface area contributed by atoms with Crippen molar-refractivity contribution in [3.8, 4) is 5.75 Å². The minimum Gasteiger partial charge on any atom is -0.493 e. The predicted octanol–water partition coefficient (Wildman–Crippen LogP) is 4.29. The van der Waals surface area contributed by atoms with Gasteiger partial charge in [-0.05, 0) is 38.4 Å². The molecule has 1 atom stereocenters. The van der Waals surface area contributed by atoms with E-state index >= 15 is 0 Å². The normalized spacial score (nSPS) is 12.1. The van der Waals surface area contributed by atoms with Crippen molar-refractivity contribution >= 4 is 0 Å². The largest absolute Gasteiger partial charge is 0.493 e. The van der Waals surface area contributed by atoms with Crippen molar-refractivity contribution in [3.63, 3.8) is 0 Å². The molecule has 0 aliphatic heterocycles. The number of benzene rings is 2. The van der Waals surface area contributed by atoms with Crippen LogP contribution in [-0.2, 0) is 6.42 Å². The average molecular weight is 283 g/mol. The van der Waals surface area contributed by atoms with Gasteiger partial charge in [-0.1, -0.05) is 55.0 Å². The third kappa shape index (κ3) is 4.33. The Kier molecular flexibility index (Phi) is 5.82. The Bertz CT molecular complexity index is 548. The maximum Gasteiger partial charge on any atom is 0.124 e. The molecule has 0 spiro atoms. The zero-order chi connectivity index (χ0) is 15.1. The third-order valence-electron chi connectivity index (χ3n) is 3.67. The summed E-state index contributed by atoms with van der Waals surface area (Å²) in [5.41, 5.74) is 3.87. The van der Waals surface area contributed by atoms with Crippen LogP contribution >= 0.6 is 0 Å². The van der Waals surface area contributed by atoms with Gasteiger partial charge in [0.15, 0.2) is 0 Å². The van der Waals surface area contributed by atoms with Crippen LogP contribution in [0.25, 0.3) is 0 Å². The van der Waals surface area contributed by atoms with Gasteiger partial charge in [0.25, 0.3) is 0 Å². The van der Waals surface area contributed by atoms with Gasteiger partial charge in [0.05, 0.1) is 6.61 Å². The lowest BCUT2D eigenvalue weighted by Crippen LogP contribution is -2.20. The molecule has 21 heavy (non-hydrogen) atoms. The van der Waals surface area contributed by atoms with E-state index in [1.54, 1.807) is 0 Å². The molecule has 112 valence electrons. The maximum absolute atomic E-state index is 5.89. The molecule has 2 aromatic carbocycles. The van der Waals surface area contributed by atoms with E-state index in [4.69, 9.17) is 4.74 Å². The van der Waals surface area contributed by atoms with Crippen molar-refractivity contribution in [3.05, 3.63) is 65.2 Å². The van der Waals surface area contributed by atoms with E-state index in [1.165, 1.54) is 16.7 Å². The van der Waals surface area contributed by atoms with Gasteiger partial charge in [-0.3, -0.25) is 0 Å². The first-order chi connectivity index (χ1) is 10.2. The van der Waals surface area contributed by atoms with Crippen LogP contribution in [0.4, 0.5) is 0 Å². The van der Waals surface area contributed by atoms with Crippen LogP contribution in [0.15, 0.2) is 48.5 Å². The number of ether oxygens (including phenoxy) is 1. The molecule has 2 aromatic rings. The van der Waals surface area contributed by atoms with Crippen LogP contribution in [0.2, 0.25) is 0 Å². The first-order valence-electron chi connectivity index (χ1n) is 7.69. The second kappa shape index (κ2) is 7.84. The molecule has 0 radical (unpaired) electrons. The van der Waals surface area contributed by atoms with Crippen LogP contribution in [0.5, 0.6) is 5.75 Å². The highest BCUT2D eigenvalue weighted by Crippen LogP contribution is 2.27. The molecule has 2 heteroatoms. The summed E-state index contributed by atoms with van der Waals surface area (Å²) in [6.07, 6.45) is 1.99. The molecule has 2 nitrogen and oxygen atoms in total. The Balaban J connectivity index is 2.18. The number of para-hydroxylation sites is 1. The molecule has 0 aliphatic rings. The highest BCUT2D eigenvalue weighted by Gasteiger charge is 2.14. The Morgan fingerprint density at radius 2 is 1.76 bits per heavy atom. The lowest BCUT2D eigenvalue weighted by Gasteiger charge is -2.20. The van der Waals surface area contributed by atoms with Gasteiger partial charge in [-0.15, -0.1) is 0 Å². The number of nitrogens with one attached hydrogen (secondary N) is 1. The molecule has 2 rings (SSSR count). The minimum atomic E-state index is 0.265. The lowest BCUT2D eigenvalue weighted by molar-refractivity contribution is 0.310. The second-order valence-electron chi connectivity index (χ2n) is 5.42. The van der Waals surface area contributed by atoms with Gasteiger partial charge in [0.2, 0.25) is 0 Å². The summed E-state index contributed by atoms with van der Waals surface area (Å²) >= 11 is 0. The zero-order valence-corrected chi connectivity index (χ0v) is 13.2. The molecule has 0 bridgehead atoms. The monoisotopic (exact) mass is 283 g/mol. The highest BCUT2D eigenvalue weighted by atomic mass is 16.5. The first kappa shape index (κ1) is 15.6. The molecule has 0 amide bonds. The standard InChI is InChI=1S/C19H25NO/c1-4-13-21-19-8-6-5-7-17(19)18(20-3)14-16-11-9-15(2)10-12-16/h5-12,18,20H,4,13-14H2,1-3H3. The topological polar surface area (TPSA) is 21.3 Å². The van der Waals surface area contributed by atoms with E-state index in [0.29, 0.717) is 0 Å². The van der Waals surface area contributed by atoms with Crippen LogP contribution < -0.4 is 10.1 Å². The fourth-order valence-electron chi connectivity index (χ4n) is 2.44. The molecule has 0 aromatic heterocycles. The Morgan fingerprint density at radius 1 is 1.05 bits per heavy atom. The summed E-state index contributed by atoms with van der Waals surface area (Å²) in [6.45, 7) is 5.01. The van der Waals surface area contributed by atoms with Gasteiger partial charge in [-0.2, -0.15) is 0 Å². The van der Waals surface area contributed by atoms with Crippen LogP contribution in [0.3, 0.4) is 0 Å². The van der Waals surface area contributed by atoms with Gasteiger partial charge < -0.3 is 10.1 Å². The third-order valence-corrected chi connectivity index (χ3v) is 3.67. The zero-order valence-electron chi connectivity index (χ0n) is 13.2. The van der Waals surface area contributed by atoms with E-state index in [9.17, 15) is 0 Å². The molecule has 1 unspecified atom stereocenters. The molecule has 0 saturated carbocycles. The van der Waals surface area contributed by atoms with E-state index in [1.807, 2.05) is 13.1 Å². The van der Waals surface area contributed by atoms with E-state index in [2.05, 4.69) is 61.6 Å². The van der Waals surface area contributed by atoms with Crippen LogP contribution in [0, 0.1) is 6.92 Å². The smallest absolute Gasteiger partial charge is 0.124 e. The Labute approximate surface area is 128 Å². The Hall–Kier alpha value is -1.80. The summed E-state index contributed by atoms with van der Waals surface area (Å²) in [4.78, 5) is 0. The highest BCUT2D eigenvalue weighted by molar-refractivity contribution is 5.37. The van der Waals surface area contributed by atoms with Crippen molar-refractivity contribution < 1.29 is 4.74 Å². The minimum absolute atomic E-state index is 0.265. The van der Waals surface area contributed by atoms with Crippen LogP contribution in [-0.4, -0.2) is 13.7 Å². The van der Waals surface area contributed by atoms with Gasteiger partial charge in [0.1, 0.15) is 5.75 Å². The van der Waals surface area contributed by atoms with E-state index < -0.39 is 0 Å². The number of hydrogen-bond acceptors (Lipinski definition) is 2. The van der Waals surface area contributed by atoms with E-state index in [-0.39, 0.29) is 6.04 Å². The summed E-state index contributed by atoms with van der Waals surface area (Å²) in [7, 11) is 2.01. The molecule has 0 saturated heterocycles. The van der Waals surface area contributed by atoms with Crippen molar-refractivity contribution in [1.29, 1.82) is 0 Å². The summed E-state index contributed by atoms with van der Waals surface area (Å²) in [5, 5.41) is 3.42.